The number of likely N-dealkylation sites (tertiary alicyclic amines) is 1. The predicted octanol–water partition coefficient (Wildman–Crippen LogP) is 7.71. The minimum atomic E-state index is -5.04. The molecule has 0 N–H and O–H groups in total. The molecule has 2 heterocycles. The molecule has 5 rings (SSSR count). The molecule has 3 aromatic carbocycles. The molecule has 1 aromatic heterocycles. The van der Waals surface area contributed by atoms with Crippen molar-refractivity contribution in [2.75, 3.05) is 6.54 Å². The van der Waals surface area contributed by atoms with Crippen LogP contribution in [0.25, 0.3) is 10.9 Å². The fourth-order valence-electron chi connectivity index (χ4n) is 5.17. The number of nitrogens with zero attached hydrogens (tertiary/aromatic N) is 2. The van der Waals surface area contributed by atoms with E-state index in [-0.39, 0.29) is 25.3 Å². The van der Waals surface area contributed by atoms with Gasteiger partial charge in [-0.1, -0.05) is 48.5 Å². The molecule has 1 fully saturated rings. The molecular weight excluding hydrogens is 546 g/mol. The number of hydrogen-bond acceptors (Lipinski definition) is 3. The summed E-state index contributed by atoms with van der Waals surface area (Å²) in [4.78, 5) is 19.3. The van der Waals surface area contributed by atoms with Gasteiger partial charge in [0.15, 0.2) is 0 Å². The molecule has 0 saturated carbocycles. The van der Waals surface area contributed by atoms with Crippen LogP contribution >= 0.6 is 0 Å². The maximum absolute atomic E-state index is 13.5. The molecule has 0 radical (unpaired) electrons. The molecule has 10 heteroatoms. The van der Waals surface area contributed by atoms with E-state index in [4.69, 9.17) is 4.74 Å². The Bertz CT molecular complexity index is 1490. The first-order valence-electron chi connectivity index (χ1n) is 13.1. The first kappa shape index (κ1) is 28.6. The third-order valence-corrected chi connectivity index (χ3v) is 7.21. The number of carbonyl (C=O) groups excluding carboxylic acids is 1. The van der Waals surface area contributed by atoms with Crippen LogP contribution in [-0.4, -0.2) is 34.5 Å². The molecule has 1 aliphatic heterocycles. The minimum absolute atomic E-state index is 0.0277. The largest absolute Gasteiger partial charge is 0.416 e. The second kappa shape index (κ2) is 11.5. The van der Waals surface area contributed by atoms with E-state index in [1.54, 1.807) is 6.20 Å². The second-order valence-corrected chi connectivity index (χ2v) is 10.1. The lowest BCUT2D eigenvalue weighted by Crippen LogP contribution is -2.49. The summed E-state index contributed by atoms with van der Waals surface area (Å²) in [6.45, 7) is 0.394. The first-order valence-corrected chi connectivity index (χ1v) is 13.1. The lowest BCUT2D eigenvalue weighted by atomic mass is 9.92. The smallest absolute Gasteiger partial charge is 0.373 e. The molecule has 2 unspecified atom stereocenters. The number of pyridine rings is 1. The number of fused-ring (bicyclic) bond motifs is 1. The Hall–Kier alpha value is -3.92. The topological polar surface area (TPSA) is 42.4 Å². The third kappa shape index (κ3) is 6.87. The van der Waals surface area contributed by atoms with Gasteiger partial charge in [-0.3, -0.25) is 9.78 Å². The standard InChI is InChI=1S/C31H26F6N2O2/c32-30(33,34)24-14-23(15-25(16-24)31(35,36)37)29(40)39-11-10-27(17-26(39)13-20-6-2-1-3-7-20)41-19-21-12-22-8-4-5-9-28(22)38-18-21/h1-9,12,14-16,18,26-27H,10-11,13,17,19H2. The zero-order valence-corrected chi connectivity index (χ0v) is 21.8. The highest BCUT2D eigenvalue weighted by atomic mass is 19.4. The quantitative estimate of drug-likeness (QED) is 0.222. The molecule has 4 aromatic rings. The summed E-state index contributed by atoms with van der Waals surface area (Å²) in [5.41, 5.74) is -1.07. The zero-order valence-electron chi connectivity index (χ0n) is 21.8. The van der Waals surface area contributed by atoms with Crippen molar-refractivity contribution in [3.63, 3.8) is 0 Å². The van der Waals surface area contributed by atoms with Crippen molar-refractivity contribution in [1.29, 1.82) is 0 Å². The van der Waals surface area contributed by atoms with Gasteiger partial charge in [0.05, 0.1) is 29.4 Å². The number of piperidine rings is 1. The Morgan fingerprint density at radius 3 is 2.20 bits per heavy atom. The lowest BCUT2D eigenvalue weighted by Gasteiger charge is -2.40. The zero-order chi connectivity index (χ0) is 29.2. The molecule has 1 amide bonds. The van der Waals surface area contributed by atoms with Crippen molar-refractivity contribution < 1.29 is 35.9 Å². The number of halogens is 6. The number of benzene rings is 3. The summed E-state index contributed by atoms with van der Waals surface area (Å²) in [5, 5.41) is 0.968. The van der Waals surface area contributed by atoms with E-state index in [0.717, 1.165) is 22.0 Å². The van der Waals surface area contributed by atoms with Crippen LogP contribution in [0.3, 0.4) is 0 Å². The summed E-state index contributed by atoms with van der Waals surface area (Å²) in [5.74, 6) is -0.875. The number of carbonyl (C=O) groups is 1. The highest BCUT2D eigenvalue weighted by molar-refractivity contribution is 5.95. The maximum Gasteiger partial charge on any atom is 0.416 e. The van der Waals surface area contributed by atoms with Crippen molar-refractivity contribution in [2.45, 2.75) is 50.4 Å². The van der Waals surface area contributed by atoms with Gasteiger partial charge < -0.3 is 9.64 Å². The van der Waals surface area contributed by atoms with E-state index >= 15 is 0 Å². The van der Waals surface area contributed by atoms with E-state index < -0.39 is 41.0 Å². The van der Waals surface area contributed by atoms with E-state index in [2.05, 4.69) is 4.98 Å². The van der Waals surface area contributed by atoms with Gasteiger partial charge in [0.25, 0.3) is 5.91 Å². The Kier molecular flexibility index (Phi) is 8.04. The van der Waals surface area contributed by atoms with E-state index in [1.807, 2.05) is 60.7 Å². The fourth-order valence-corrected chi connectivity index (χ4v) is 5.17. The molecule has 2 atom stereocenters. The summed E-state index contributed by atoms with van der Waals surface area (Å²) < 4.78 is 86.9. The summed E-state index contributed by atoms with van der Waals surface area (Å²) in [7, 11) is 0. The van der Waals surface area contributed by atoms with E-state index in [0.29, 0.717) is 31.4 Å². The van der Waals surface area contributed by atoms with Gasteiger partial charge in [-0.05, 0) is 60.7 Å². The van der Waals surface area contributed by atoms with Gasteiger partial charge in [0.2, 0.25) is 0 Å². The Balaban J connectivity index is 1.38. The highest BCUT2D eigenvalue weighted by Gasteiger charge is 2.39. The van der Waals surface area contributed by atoms with Crippen LogP contribution in [0.4, 0.5) is 26.3 Å². The van der Waals surface area contributed by atoms with Crippen LogP contribution in [0.5, 0.6) is 0 Å². The summed E-state index contributed by atoms with van der Waals surface area (Å²) in [6.07, 6.45) is -7.51. The predicted molar refractivity (Wildman–Crippen MR) is 141 cm³/mol. The monoisotopic (exact) mass is 572 g/mol. The van der Waals surface area contributed by atoms with Crippen LogP contribution < -0.4 is 0 Å². The molecule has 1 aliphatic rings. The van der Waals surface area contributed by atoms with E-state index in [9.17, 15) is 31.1 Å². The van der Waals surface area contributed by atoms with Gasteiger partial charge >= 0.3 is 12.4 Å². The fraction of sp³-hybridized carbons (Fsp3) is 0.290. The lowest BCUT2D eigenvalue weighted by molar-refractivity contribution is -0.143. The van der Waals surface area contributed by atoms with Crippen LogP contribution in [-0.2, 0) is 30.1 Å². The number of para-hydroxylation sites is 1. The SMILES string of the molecule is O=C(c1cc(C(F)(F)F)cc(C(F)(F)F)c1)N1CCC(OCc2cnc3ccccc3c2)CC1Cc1ccccc1. The van der Waals surface area contributed by atoms with Crippen LogP contribution in [0.15, 0.2) is 85.1 Å². The van der Waals surface area contributed by atoms with E-state index in [1.165, 1.54) is 4.90 Å². The molecule has 0 aliphatic carbocycles. The second-order valence-electron chi connectivity index (χ2n) is 10.1. The molecule has 0 bridgehead atoms. The molecule has 41 heavy (non-hydrogen) atoms. The number of aromatic nitrogens is 1. The highest BCUT2D eigenvalue weighted by Crippen LogP contribution is 2.37. The molecule has 214 valence electrons. The number of ether oxygens (including phenoxy) is 1. The average Bonchev–Trinajstić information content (AvgIpc) is 2.95. The average molecular weight is 573 g/mol. The van der Waals surface area contributed by atoms with Crippen LogP contribution in [0.1, 0.15) is 45.5 Å². The van der Waals surface area contributed by atoms with Crippen molar-refractivity contribution in [1.82, 2.24) is 9.88 Å². The van der Waals surface area contributed by atoms with Crippen molar-refractivity contribution in [2.24, 2.45) is 0 Å². The molecular formula is C31H26F6N2O2. The third-order valence-electron chi connectivity index (χ3n) is 7.21. The van der Waals surface area contributed by atoms with Gasteiger partial charge in [-0.15, -0.1) is 0 Å². The number of hydrogen-bond donors (Lipinski definition) is 0. The maximum atomic E-state index is 13.5. The molecule has 1 saturated heterocycles. The van der Waals surface area contributed by atoms with Gasteiger partial charge in [0.1, 0.15) is 0 Å². The Labute approximate surface area is 232 Å². The van der Waals surface area contributed by atoms with Gasteiger partial charge in [-0.25, -0.2) is 0 Å². The Morgan fingerprint density at radius 1 is 0.854 bits per heavy atom. The van der Waals surface area contributed by atoms with Gasteiger partial charge in [0, 0.05) is 29.7 Å². The Morgan fingerprint density at radius 2 is 1.51 bits per heavy atom. The normalized spacial score (nSPS) is 18.0. The molecule has 0 spiro atoms. The molecule has 4 nitrogen and oxygen atoms in total. The van der Waals surface area contributed by atoms with Crippen LogP contribution in [0, 0.1) is 0 Å². The van der Waals surface area contributed by atoms with Crippen molar-refractivity contribution >= 4 is 16.8 Å². The van der Waals surface area contributed by atoms with Crippen LogP contribution in [0.2, 0.25) is 0 Å². The first-order chi connectivity index (χ1) is 19.5. The van der Waals surface area contributed by atoms with Gasteiger partial charge in [-0.2, -0.15) is 26.3 Å². The number of amides is 1. The van der Waals surface area contributed by atoms with Crippen molar-refractivity contribution in [3.8, 4) is 0 Å². The van der Waals surface area contributed by atoms with Crippen molar-refractivity contribution in [3.05, 3.63) is 113 Å². The number of alkyl halides is 6. The summed E-state index contributed by atoms with van der Waals surface area (Å²) >= 11 is 0. The minimum Gasteiger partial charge on any atom is -0.373 e. The summed E-state index contributed by atoms with van der Waals surface area (Å²) in [6, 6.07) is 19.4. The number of rotatable bonds is 6.